The highest BCUT2D eigenvalue weighted by atomic mass is 127. The Morgan fingerprint density at radius 1 is 1.26 bits per heavy atom. The predicted octanol–water partition coefficient (Wildman–Crippen LogP) is 5.78. The first kappa shape index (κ1) is 25.2. The average molecular weight is 507 g/mol. The molecule has 3 nitrogen and oxygen atoms in total. The Morgan fingerprint density at radius 2 is 1.85 bits per heavy atom. The van der Waals surface area contributed by atoms with Crippen molar-refractivity contribution in [2.24, 2.45) is 17.8 Å². The molecule has 6 atom stereocenters. The molecule has 0 aromatic rings. The van der Waals surface area contributed by atoms with Gasteiger partial charge in [-0.15, -0.1) is 5.54 Å². The van der Waals surface area contributed by atoms with E-state index in [2.05, 4.69) is 80.5 Å². The molecule has 1 unspecified atom stereocenters. The molecule has 0 radical (unpaired) electrons. The average Bonchev–Trinajstić information content (AvgIpc) is 2.50. The van der Waals surface area contributed by atoms with E-state index in [1.54, 1.807) is 0 Å². The quantitative estimate of drug-likeness (QED) is 0.282. The van der Waals surface area contributed by atoms with Crippen LogP contribution in [-0.4, -0.2) is 37.3 Å². The summed E-state index contributed by atoms with van der Waals surface area (Å²) in [6.07, 6.45) is 3.79. The van der Waals surface area contributed by atoms with E-state index in [-0.39, 0.29) is 24.0 Å². The second kappa shape index (κ2) is 10.2. The summed E-state index contributed by atoms with van der Waals surface area (Å²) in [5.41, 5.74) is 3.29. The number of hydrogen-bond acceptors (Lipinski definition) is 3. The third kappa shape index (κ3) is 8.99. The van der Waals surface area contributed by atoms with Gasteiger partial charge in [0.05, 0.1) is 12.2 Å². The fraction of sp³-hybridized carbons (Fsp3) is 0.818. The molecule has 1 aliphatic heterocycles. The van der Waals surface area contributed by atoms with Crippen LogP contribution >= 0.6 is 22.6 Å². The van der Waals surface area contributed by atoms with Crippen molar-refractivity contribution in [3.8, 4) is 11.5 Å². The third-order valence-corrected chi connectivity index (χ3v) is 6.25. The molecule has 0 saturated carbocycles. The summed E-state index contributed by atoms with van der Waals surface area (Å²) < 4.78 is 13.8. The number of aliphatic hydroxyl groups excluding tert-OH is 1. The van der Waals surface area contributed by atoms with Crippen molar-refractivity contribution in [1.82, 2.24) is 0 Å². The van der Waals surface area contributed by atoms with E-state index in [9.17, 15) is 5.11 Å². The Bertz CT molecular complexity index is 566. The molecule has 1 saturated heterocycles. The summed E-state index contributed by atoms with van der Waals surface area (Å²) in [5, 5.41) is 10.6. The number of allylic oxidation sites excluding steroid dienone is 2. The van der Waals surface area contributed by atoms with Gasteiger partial charge in [0.2, 0.25) is 0 Å². The van der Waals surface area contributed by atoms with Crippen LogP contribution in [-0.2, 0) is 9.47 Å². The highest BCUT2D eigenvalue weighted by Crippen LogP contribution is 2.37. The molecule has 0 spiro atoms. The zero-order valence-electron chi connectivity index (χ0n) is 18.6. The lowest BCUT2D eigenvalue weighted by Crippen LogP contribution is -2.53. The topological polar surface area (TPSA) is 38.7 Å². The van der Waals surface area contributed by atoms with Gasteiger partial charge in [-0.1, -0.05) is 52.4 Å². The maximum Gasteiger partial charge on any atom is 0.163 e. The monoisotopic (exact) mass is 506 g/mol. The Morgan fingerprint density at radius 3 is 2.37 bits per heavy atom. The Hall–Kier alpha value is 0.127. The van der Waals surface area contributed by atoms with Crippen LogP contribution in [0.5, 0.6) is 0 Å². The predicted molar refractivity (Wildman–Crippen MR) is 125 cm³/mol. The molecule has 1 rings (SSSR count). The lowest BCUT2D eigenvalue weighted by atomic mass is 9.82. The minimum atomic E-state index is -1.51. The molecule has 156 valence electrons. The van der Waals surface area contributed by atoms with Gasteiger partial charge in [-0.2, -0.15) is 0 Å². The van der Waals surface area contributed by atoms with Gasteiger partial charge in [-0.25, -0.2) is 0 Å². The van der Waals surface area contributed by atoms with Crippen LogP contribution in [0.15, 0.2) is 9.66 Å². The van der Waals surface area contributed by atoms with Crippen LogP contribution in [0.4, 0.5) is 0 Å². The standard InChI is InChI=1S/C22H39IO3Si/c1-15(14-16(2)23)10-11-20-18(4)21(26-22(5,6)25-20)17(3)19(24)12-13-27(7,8)9/h14-15,17-21,24H,10-11H2,1-9H3/b16-14+/t15-,17-,18-,19?,20+,21+/m0/s1. The van der Waals surface area contributed by atoms with Crippen molar-refractivity contribution in [1.29, 1.82) is 0 Å². The highest BCUT2D eigenvalue weighted by molar-refractivity contribution is 14.1. The lowest BCUT2D eigenvalue weighted by Gasteiger charge is -2.47. The van der Waals surface area contributed by atoms with Crippen LogP contribution in [0.3, 0.4) is 0 Å². The van der Waals surface area contributed by atoms with Gasteiger partial charge in [0.15, 0.2) is 5.79 Å². The fourth-order valence-corrected chi connectivity index (χ4v) is 4.75. The van der Waals surface area contributed by atoms with E-state index in [0.717, 1.165) is 12.8 Å². The first-order valence-corrected chi connectivity index (χ1v) is 14.7. The Kier molecular flexibility index (Phi) is 9.55. The molecular formula is C22H39IO3Si. The molecule has 1 heterocycles. The van der Waals surface area contributed by atoms with Gasteiger partial charge in [0, 0.05) is 11.8 Å². The molecule has 1 fully saturated rings. The Balaban J connectivity index is 2.87. The third-order valence-electron chi connectivity index (χ3n) is 4.99. The fourth-order valence-electron chi connectivity index (χ4n) is 3.56. The molecule has 0 aromatic carbocycles. The van der Waals surface area contributed by atoms with Crippen LogP contribution < -0.4 is 0 Å². The zero-order chi connectivity index (χ0) is 21.0. The van der Waals surface area contributed by atoms with Crippen LogP contribution in [0.25, 0.3) is 0 Å². The van der Waals surface area contributed by atoms with Crippen molar-refractivity contribution < 1.29 is 14.6 Å². The van der Waals surface area contributed by atoms with E-state index in [4.69, 9.17) is 9.47 Å². The summed E-state index contributed by atoms with van der Waals surface area (Å²) in [6, 6.07) is 0. The van der Waals surface area contributed by atoms with Gasteiger partial charge >= 0.3 is 0 Å². The molecular weight excluding hydrogens is 467 g/mol. The van der Waals surface area contributed by atoms with Crippen molar-refractivity contribution in [2.75, 3.05) is 0 Å². The SMILES string of the molecule is C/C(I)=C\[C@@H](C)CC[C@H]1OC(C)(C)O[C@H]([C@@H](C)C(O)C#C[Si](C)(C)C)[C@H]1C. The van der Waals surface area contributed by atoms with Gasteiger partial charge < -0.3 is 14.6 Å². The van der Waals surface area contributed by atoms with Crippen molar-refractivity contribution in [2.45, 2.75) is 98.1 Å². The van der Waals surface area contributed by atoms with Crippen LogP contribution in [0, 0.1) is 29.2 Å². The summed E-state index contributed by atoms with van der Waals surface area (Å²) in [7, 11) is -1.51. The number of hydrogen-bond donors (Lipinski definition) is 1. The minimum absolute atomic E-state index is 0.0524. The maximum atomic E-state index is 10.6. The van der Waals surface area contributed by atoms with E-state index in [0.29, 0.717) is 5.92 Å². The number of rotatable bonds is 6. The van der Waals surface area contributed by atoms with E-state index in [1.165, 1.54) is 3.58 Å². The molecule has 5 heteroatoms. The second-order valence-electron chi connectivity index (χ2n) is 9.63. The van der Waals surface area contributed by atoms with E-state index >= 15 is 0 Å². The number of ether oxygens (including phenoxy) is 2. The minimum Gasteiger partial charge on any atom is -0.380 e. The molecule has 0 aromatic heterocycles. The first-order chi connectivity index (χ1) is 12.2. The largest absolute Gasteiger partial charge is 0.380 e. The van der Waals surface area contributed by atoms with E-state index < -0.39 is 20.0 Å². The second-order valence-corrected chi connectivity index (χ2v) is 16.1. The molecule has 1 N–H and O–H groups in total. The number of aliphatic hydroxyl groups is 1. The van der Waals surface area contributed by atoms with Gasteiger partial charge in [-0.05, 0) is 65.7 Å². The normalized spacial score (nSPS) is 29.4. The number of halogens is 1. The van der Waals surface area contributed by atoms with Crippen molar-refractivity contribution in [3.63, 3.8) is 0 Å². The molecule has 0 amide bonds. The lowest BCUT2D eigenvalue weighted by molar-refractivity contribution is -0.330. The smallest absolute Gasteiger partial charge is 0.163 e. The molecule has 27 heavy (non-hydrogen) atoms. The molecule has 0 aliphatic carbocycles. The molecule has 0 bridgehead atoms. The van der Waals surface area contributed by atoms with Crippen molar-refractivity contribution in [3.05, 3.63) is 9.66 Å². The summed E-state index contributed by atoms with van der Waals surface area (Å²) in [6.45, 7) is 19.2. The van der Waals surface area contributed by atoms with Crippen LogP contribution in [0.2, 0.25) is 19.6 Å². The highest BCUT2D eigenvalue weighted by Gasteiger charge is 2.44. The first-order valence-electron chi connectivity index (χ1n) is 10.1. The Labute approximate surface area is 181 Å². The molecule has 1 aliphatic rings. The maximum absolute atomic E-state index is 10.6. The zero-order valence-corrected chi connectivity index (χ0v) is 21.8. The van der Waals surface area contributed by atoms with Gasteiger partial charge in [-0.3, -0.25) is 0 Å². The van der Waals surface area contributed by atoms with Gasteiger partial charge in [0.25, 0.3) is 0 Å². The van der Waals surface area contributed by atoms with Crippen molar-refractivity contribution >= 4 is 30.7 Å². The van der Waals surface area contributed by atoms with Crippen LogP contribution in [0.1, 0.15) is 54.4 Å². The summed E-state index contributed by atoms with van der Waals surface area (Å²) >= 11 is 2.37. The van der Waals surface area contributed by atoms with Gasteiger partial charge in [0.1, 0.15) is 14.2 Å². The van der Waals surface area contributed by atoms with E-state index in [1.807, 2.05) is 20.8 Å². The summed E-state index contributed by atoms with van der Waals surface area (Å²) in [4.78, 5) is 0. The summed E-state index contributed by atoms with van der Waals surface area (Å²) in [5.74, 6) is 3.15.